The van der Waals surface area contributed by atoms with Crippen molar-refractivity contribution in [2.24, 2.45) is 7.05 Å². The summed E-state index contributed by atoms with van der Waals surface area (Å²) in [7, 11) is 7.57. The van der Waals surface area contributed by atoms with E-state index in [2.05, 4.69) is 0 Å². The number of pyridine rings is 1. The van der Waals surface area contributed by atoms with E-state index in [9.17, 15) is 14.4 Å². The van der Waals surface area contributed by atoms with E-state index in [1.165, 1.54) is 0 Å². The lowest BCUT2D eigenvalue weighted by atomic mass is 10.1. The topological polar surface area (TPSA) is 67.6 Å². The third-order valence-corrected chi connectivity index (χ3v) is 6.19. The van der Waals surface area contributed by atoms with E-state index in [4.69, 9.17) is 0 Å². The standard InChI is InChI=1S/C26H34N4O3/c1-7-19-16-21-23(25(32)30(19)17-22(31)18-12-10-9-11-13-18)20(8-2)24(29(21)6)26(33)28(5)15-14-27(3)4/h9-13,16H,7-8,14-15,17H2,1-6H3. The highest BCUT2D eigenvalue weighted by atomic mass is 16.2. The first-order chi connectivity index (χ1) is 15.7. The summed E-state index contributed by atoms with van der Waals surface area (Å²) in [4.78, 5) is 43.7. The molecule has 0 N–H and O–H groups in total. The number of ketones is 1. The largest absolute Gasteiger partial charge is 0.339 e. The van der Waals surface area contributed by atoms with Gasteiger partial charge in [-0.15, -0.1) is 0 Å². The molecule has 0 aliphatic heterocycles. The second-order valence-corrected chi connectivity index (χ2v) is 8.70. The van der Waals surface area contributed by atoms with Gasteiger partial charge in [-0.1, -0.05) is 44.2 Å². The lowest BCUT2D eigenvalue weighted by Gasteiger charge is -2.20. The second-order valence-electron chi connectivity index (χ2n) is 8.70. The van der Waals surface area contributed by atoms with Crippen LogP contribution in [0.4, 0.5) is 0 Å². The number of likely N-dealkylation sites (N-methyl/N-ethyl adjacent to an activating group) is 2. The first-order valence-corrected chi connectivity index (χ1v) is 11.4. The Morgan fingerprint density at radius 1 is 0.970 bits per heavy atom. The molecule has 1 aromatic carbocycles. The maximum Gasteiger partial charge on any atom is 0.270 e. The van der Waals surface area contributed by atoms with Crippen LogP contribution in [0.2, 0.25) is 0 Å². The van der Waals surface area contributed by atoms with Gasteiger partial charge in [-0.05, 0) is 38.6 Å². The van der Waals surface area contributed by atoms with Crippen molar-refractivity contribution in [3.05, 3.63) is 69.3 Å². The van der Waals surface area contributed by atoms with E-state index in [1.807, 2.05) is 68.7 Å². The summed E-state index contributed by atoms with van der Waals surface area (Å²) < 4.78 is 3.41. The number of aromatic nitrogens is 2. The number of nitrogens with zero attached hydrogens (tertiary/aromatic N) is 4. The summed E-state index contributed by atoms with van der Waals surface area (Å²) in [6, 6.07) is 11.0. The van der Waals surface area contributed by atoms with Crippen LogP contribution in [0.1, 0.15) is 46.0 Å². The summed E-state index contributed by atoms with van der Waals surface area (Å²) in [6.45, 7) is 5.24. The summed E-state index contributed by atoms with van der Waals surface area (Å²) in [6.07, 6.45) is 1.15. The molecule has 3 aromatic rings. The highest BCUT2D eigenvalue weighted by Crippen LogP contribution is 2.26. The third kappa shape index (κ3) is 4.78. The van der Waals surface area contributed by atoms with Crippen LogP contribution in [0.5, 0.6) is 0 Å². The zero-order valence-corrected chi connectivity index (χ0v) is 20.5. The Labute approximate surface area is 195 Å². The van der Waals surface area contributed by atoms with Crippen LogP contribution in [0.15, 0.2) is 41.2 Å². The third-order valence-electron chi connectivity index (χ3n) is 6.19. The smallest absolute Gasteiger partial charge is 0.270 e. The number of carbonyl (C=O) groups excluding carboxylic acids is 2. The zero-order chi connectivity index (χ0) is 24.3. The van der Waals surface area contributed by atoms with Crippen molar-refractivity contribution in [2.45, 2.75) is 33.2 Å². The van der Waals surface area contributed by atoms with Gasteiger partial charge in [-0.3, -0.25) is 14.4 Å². The molecular weight excluding hydrogens is 416 g/mol. The lowest BCUT2D eigenvalue weighted by molar-refractivity contribution is 0.0776. The molecule has 0 spiro atoms. The molecule has 2 heterocycles. The Morgan fingerprint density at radius 2 is 1.64 bits per heavy atom. The van der Waals surface area contributed by atoms with Crippen LogP contribution < -0.4 is 5.56 Å². The molecule has 0 aliphatic carbocycles. The molecule has 176 valence electrons. The number of hydrogen-bond donors (Lipinski definition) is 0. The Balaban J connectivity index is 2.13. The summed E-state index contributed by atoms with van der Waals surface area (Å²) in [5.74, 6) is -0.211. The van der Waals surface area contributed by atoms with Crippen LogP contribution in [0.3, 0.4) is 0 Å². The number of Topliss-reactive ketones (excluding diaryl/α,β-unsaturated/α-hetero) is 1. The van der Waals surface area contributed by atoms with Gasteiger partial charge in [0, 0.05) is 38.4 Å². The van der Waals surface area contributed by atoms with Crippen molar-refractivity contribution in [2.75, 3.05) is 34.2 Å². The minimum atomic E-state index is -0.212. The molecule has 0 bridgehead atoms. The molecule has 0 aliphatic rings. The van der Waals surface area contributed by atoms with Gasteiger partial charge < -0.3 is 18.9 Å². The van der Waals surface area contributed by atoms with Gasteiger partial charge in [0.25, 0.3) is 11.5 Å². The number of rotatable bonds is 9. The van der Waals surface area contributed by atoms with Gasteiger partial charge in [-0.25, -0.2) is 0 Å². The molecule has 0 fully saturated rings. The molecule has 0 saturated carbocycles. The van der Waals surface area contributed by atoms with Crippen molar-refractivity contribution < 1.29 is 9.59 Å². The van der Waals surface area contributed by atoms with E-state index in [1.54, 1.807) is 28.6 Å². The molecule has 1 amide bonds. The monoisotopic (exact) mass is 450 g/mol. The fourth-order valence-electron chi connectivity index (χ4n) is 4.25. The maximum absolute atomic E-state index is 13.7. The van der Waals surface area contributed by atoms with Gasteiger partial charge >= 0.3 is 0 Å². The highest BCUT2D eigenvalue weighted by Gasteiger charge is 2.26. The number of fused-ring (bicyclic) bond motifs is 1. The van der Waals surface area contributed by atoms with Gasteiger partial charge in [-0.2, -0.15) is 0 Å². The Kier molecular flexibility index (Phi) is 7.53. The van der Waals surface area contributed by atoms with Crippen molar-refractivity contribution in [3.63, 3.8) is 0 Å². The van der Waals surface area contributed by atoms with Crippen LogP contribution in [0, 0.1) is 0 Å². The van der Waals surface area contributed by atoms with Crippen molar-refractivity contribution in [1.29, 1.82) is 0 Å². The average Bonchev–Trinajstić information content (AvgIpc) is 3.10. The average molecular weight is 451 g/mol. The number of amides is 1. The molecular formula is C26H34N4O3. The molecule has 0 unspecified atom stereocenters. The molecule has 3 rings (SSSR count). The van der Waals surface area contributed by atoms with Gasteiger partial charge in [0.2, 0.25) is 0 Å². The normalized spacial score (nSPS) is 11.4. The van der Waals surface area contributed by atoms with Crippen molar-refractivity contribution >= 4 is 22.6 Å². The van der Waals surface area contributed by atoms with Crippen molar-refractivity contribution in [3.8, 4) is 0 Å². The fourth-order valence-corrected chi connectivity index (χ4v) is 4.25. The first-order valence-electron chi connectivity index (χ1n) is 11.4. The second kappa shape index (κ2) is 10.2. The summed E-state index contributed by atoms with van der Waals surface area (Å²) in [5.41, 5.74) is 3.16. The summed E-state index contributed by atoms with van der Waals surface area (Å²) >= 11 is 0. The molecule has 0 atom stereocenters. The van der Waals surface area contributed by atoms with Gasteiger partial charge in [0.15, 0.2) is 5.78 Å². The molecule has 0 radical (unpaired) electrons. The van der Waals surface area contributed by atoms with E-state index < -0.39 is 0 Å². The Bertz CT molecular complexity index is 1220. The Morgan fingerprint density at radius 3 is 2.21 bits per heavy atom. The molecule has 2 aromatic heterocycles. The predicted molar refractivity (Wildman–Crippen MR) is 132 cm³/mol. The van der Waals surface area contributed by atoms with Crippen LogP contribution in [-0.4, -0.2) is 64.9 Å². The van der Waals surface area contributed by atoms with E-state index in [0.717, 1.165) is 23.3 Å². The van der Waals surface area contributed by atoms with Crippen molar-refractivity contribution in [1.82, 2.24) is 18.9 Å². The molecule has 33 heavy (non-hydrogen) atoms. The SMILES string of the molecule is CCc1c(C(=O)N(C)CCN(C)C)n(C)c2cc(CC)n(CC(=O)c3ccccc3)c(=O)c12. The number of aryl methyl sites for hydroxylation is 3. The quantitative estimate of drug-likeness (QED) is 0.470. The van der Waals surface area contributed by atoms with E-state index in [-0.39, 0.29) is 23.8 Å². The minimum Gasteiger partial charge on any atom is -0.339 e. The molecule has 7 heteroatoms. The fraction of sp³-hybridized carbons (Fsp3) is 0.423. The Hall–Kier alpha value is -3.19. The molecule has 7 nitrogen and oxygen atoms in total. The predicted octanol–water partition coefficient (Wildman–Crippen LogP) is 2.98. The number of hydrogen-bond acceptors (Lipinski definition) is 4. The lowest BCUT2D eigenvalue weighted by Crippen LogP contribution is -2.34. The van der Waals surface area contributed by atoms with E-state index >= 15 is 0 Å². The van der Waals surface area contributed by atoms with Crippen LogP contribution in [0.25, 0.3) is 10.9 Å². The van der Waals surface area contributed by atoms with Gasteiger partial charge in [0.05, 0.1) is 17.4 Å². The zero-order valence-electron chi connectivity index (χ0n) is 20.5. The maximum atomic E-state index is 13.7. The minimum absolute atomic E-state index is 0.0218. The highest BCUT2D eigenvalue weighted by molar-refractivity contribution is 6.02. The van der Waals surface area contributed by atoms with Crippen LogP contribution >= 0.6 is 0 Å². The summed E-state index contributed by atoms with van der Waals surface area (Å²) in [5, 5.41) is 0.530. The van der Waals surface area contributed by atoms with Crippen LogP contribution in [-0.2, 0) is 26.4 Å². The first kappa shape index (κ1) is 24.5. The number of carbonyl (C=O) groups is 2. The van der Waals surface area contributed by atoms with Gasteiger partial charge in [0.1, 0.15) is 5.69 Å². The van der Waals surface area contributed by atoms with E-state index in [0.29, 0.717) is 36.0 Å². The molecule has 0 saturated heterocycles. The number of benzene rings is 1.